The van der Waals surface area contributed by atoms with Crippen LogP contribution in [0.5, 0.6) is 0 Å². The average molecular weight is 371 g/mol. The summed E-state index contributed by atoms with van der Waals surface area (Å²) in [4.78, 5) is 0. The summed E-state index contributed by atoms with van der Waals surface area (Å²) in [5.41, 5.74) is 0. The van der Waals surface area contributed by atoms with Crippen LogP contribution < -0.4 is 0 Å². The molecule has 0 rings (SSSR count). The highest BCUT2D eigenvalue weighted by molar-refractivity contribution is 4.43. The second-order valence-corrected chi connectivity index (χ2v) is 7.95. The molecule has 0 fully saturated rings. The molecule has 0 N–H and O–H groups in total. The zero-order valence-electron chi connectivity index (χ0n) is 20.1. The highest BCUT2D eigenvalue weighted by Crippen LogP contribution is 2.07. The molecule has 0 nitrogen and oxygen atoms in total. The Hall–Kier alpha value is 0. The van der Waals surface area contributed by atoms with Crippen LogP contribution in [0.25, 0.3) is 0 Å². The van der Waals surface area contributed by atoms with Crippen molar-refractivity contribution in [2.75, 3.05) is 0 Å². The molecule has 0 aromatic heterocycles. The van der Waals surface area contributed by atoms with E-state index in [4.69, 9.17) is 0 Å². The molecule has 0 unspecified atom stereocenters. The van der Waals surface area contributed by atoms with Gasteiger partial charge in [-0.2, -0.15) is 0 Å². The number of rotatable bonds is 17. The highest BCUT2D eigenvalue weighted by Gasteiger charge is 1.88. The lowest BCUT2D eigenvalue weighted by Crippen LogP contribution is -1.77. The summed E-state index contributed by atoms with van der Waals surface area (Å²) in [6.45, 7) is 13.6. The molecule has 0 aliphatic carbocycles. The third-order valence-electron chi connectivity index (χ3n) is 4.87. The van der Waals surface area contributed by atoms with Gasteiger partial charge in [0.25, 0.3) is 0 Å². The van der Waals surface area contributed by atoms with E-state index in [9.17, 15) is 0 Å². The zero-order chi connectivity index (χ0) is 20.1. The summed E-state index contributed by atoms with van der Waals surface area (Å²) >= 11 is 0. The third kappa shape index (κ3) is 43.9. The van der Waals surface area contributed by atoms with E-state index >= 15 is 0 Å². The summed E-state index contributed by atoms with van der Waals surface area (Å²) in [6, 6.07) is 0. The Morgan fingerprint density at radius 3 is 0.462 bits per heavy atom. The van der Waals surface area contributed by atoms with Crippen molar-refractivity contribution in [3.05, 3.63) is 0 Å². The molecule has 26 heavy (non-hydrogen) atoms. The number of unbranched alkanes of at least 4 members (excludes halogenated alkanes) is 17. The van der Waals surface area contributed by atoms with Gasteiger partial charge in [-0.25, -0.2) is 0 Å². The van der Waals surface area contributed by atoms with Crippen LogP contribution >= 0.6 is 0 Å². The Bertz CT molecular complexity index is 155. The van der Waals surface area contributed by atoms with Crippen LogP contribution in [0.1, 0.15) is 170 Å². The quantitative estimate of drug-likeness (QED) is 0.223. The fourth-order valence-electron chi connectivity index (χ4n) is 2.91. The maximum atomic E-state index is 2.27. The van der Waals surface area contributed by atoms with E-state index in [1.54, 1.807) is 0 Å². The first-order chi connectivity index (χ1) is 12.7. The van der Waals surface area contributed by atoms with Crippen LogP contribution in [0.2, 0.25) is 0 Å². The minimum absolute atomic E-state index is 1.36. The largest absolute Gasteiger partial charge is 0.0654 e. The van der Waals surface area contributed by atoms with Crippen LogP contribution in [-0.4, -0.2) is 0 Å². The van der Waals surface area contributed by atoms with Gasteiger partial charge in [0.05, 0.1) is 0 Å². The topological polar surface area (TPSA) is 0 Å². The average Bonchev–Trinajstić information content (AvgIpc) is 2.66. The lowest BCUT2D eigenvalue weighted by Gasteiger charge is -1.97. The maximum Gasteiger partial charge on any atom is -0.0533 e. The Morgan fingerprint density at radius 1 is 0.192 bits per heavy atom. The van der Waals surface area contributed by atoms with Gasteiger partial charge in [0.2, 0.25) is 0 Å². The number of hydrogen-bond acceptors (Lipinski definition) is 0. The minimum Gasteiger partial charge on any atom is -0.0654 e. The molecule has 0 spiro atoms. The van der Waals surface area contributed by atoms with E-state index in [2.05, 4.69) is 41.5 Å². The van der Waals surface area contributed by atoms with E-state index in [1.165, 1.54) is 128 Å². The predicted molar refractivity (Wildman–Crippen MR) is 126 cm³/mol. The SMILES string of the molecule is CCCCCCC.CCCCCCCCC.CCCCCCCCCC. The lowest BCUT2D eigenvalue weighted by molar-refractivity contribution is 0.585. The van der Waals surface area contributed by atoms with Crippen molar-refractivity contribution >= 4 is 0 Å². The fourth-order valence-corrected chi connectivity index (χ4v) is 2.91. The zero-order valence-corrected chi connectivity index (χ0v) is 20.1. The first-order valence-electron chi connectivity index (χ1n) is 12.7. The summed E-state index contributed by atoms with van der Waals surface area (Å²) in [6.07, 6.45) is 28.4. The standard InChI is InChI=1S/C10H22.C9H20.C7H16/c1-3-5-7-9-10-8-6-4-2;1-3-5-7-9-8-6-4-2;1-3-5-7-6-4-2/h3-10H2,1-2H3;3-9H2,1-2H3;3-7H2,1-2H3. The molecule has 162 valence electrons. The molecule has 0 heteroatoms. The van der Waals surface area contributed by atoms with E-state index in [0.717, 1.165) is 0 Å². The third-order valence-corrected chi connectivity index (χ3v) is 4.87. The molecular weight excluding hydrogens is 312 g/mol. The van der Waals surface area contributed by atoms with Crippen molar-refractivity contribution < 1.29 is 0 Å². The van der Waals surface area contributed by atoms with Gasteiger partial charge >= 0.3 is 0 Å². The normalized spacial score (nSPS) is 9.92. The maximum absolute atomic E-state index is 2.27. The highest BCUT2D eigenvalue weighted by atomic mass is 13.9. The molecule has 0 saturated carbocycles. The lowest BCUT2D eigenvalue weighted by atomic mass is 10.1. The minimum atomic E-state index is 1.36. The van der Waals surface area contributed by atoms with Gasteiger partial charge in [0.15, 0.2) is 0 Å². The molecule has 0 aliphatic rings. The summed E-state index contributed by atoms with van der Waals surface area (Å²) < 4.78 is 0. The molecule has 0 aromatic rings. The van der Waals surface area contributed by atoms with Crippen LogP contribution in [0.3, 0.4) is 0 Å². The molecule has 0 amide bonds. The molecule has 0 radical (unpaired) electrons. The van der Waals surface area contributed by atoms with Crippen LogP contribution in [0, 0.1) is 0 Å². The second-order valence-electron chi connectivity index (χ2n) is 7.95. The van der Waals surface area contributed by atoms with Crippen molar-refractivity contribution in [2.24, 2.45) is 0 Å². The van der Waals surface area contributed by atoms with Crippen molar-refractivity contribution in [3.63, 3.8) is 0 Å². The van der Waals surface area contributed by atoms with Gasteiger partial charge in [-0.05, 0) is 0 Å². The summed E-state index contributed by atoms with van der Waals surface area (Å²) in [5.74, 6) is 0. The molecule has 0 aliphatic heterocycles. The van der Waals surface area contributed by atoms with E-state index < -0.39 is 0 Å². The second kappa shape index (κ2) is 36.0. The summed E-state index contributed by atoms with van der Waals surface area (Å²) in [7, 11) is 0. The van der Waals surface area contributed by atoms with Crippen molar-refractivity contribution in [1.29, 1.82) is 0 Å². The van der Waals surface area contributed by atoms with E-state index in [1.807, 2.05) is 0 Å². The Kier molecular flexibility index (Phi) is 42.5. The molecule has 0 heterocycles. The van der Waals surface area contributed by atoms with Gasteiger partial charge in [-0.15, -0.1) is 0 Å². The molecule has 0 aromatic carbocycles. The molecule has 0 bridgehead atoms. The van der Waals surface area contributed by atoms with Crippen molar-refractivity contribution in [2.45, 2.75) is 170 Å². The summed E-state index contributed by atoms with van der Waals surface area (Å²) in [5, 5.41) is 0. The van der Waals surface area contributed by atoms with Gasteiger partial charge in [-0.3, -0.25) is 0 Å². The molecule has 0 saturated heterocycles. The Balaban J connectivity index is -0.000000310. The van der Waals surface area contributed by atoms with Crippen molar-refractivity contribution in [3.8, 4) is 0 Å². The monoisotopic (exact) mass is 370 g/mol. The first kappa shape index (κ1) is 30.7. The molecular formula is C26H58. The van der Waals surface area contributed by atoms with Crippen LogP contribution in [0.15, 0.2) is 0 Å². The number of hydrogen-bond donors (Lipinski definition) is 0. The van der Waals surface area contributed by atoms with E-state index in [-0.39, 0.29) is 0 Å². The van der Waals surface area contributed by atoms with Gasteiger partial charge in [0.1, 0.15) is 0 Å². The predicted octanol–water partition coefficient (Wildman–Crippen LogP) is 10.9. The molecule has 0 atom stereocenters. The fraction of sp³-hybridized carbons (Fsp3) is 1.00. The Labute approximate surface area is 170 Å². The van der Waals surface area contributed by atoms with E-state index in [0.29, 0.717) is 0 Å². The Morgan fingerprint density at radius 2 is 0.308 bits per heavy atom. The first-order valence-corrected chi connectivity index (χ1v) is 12.7. The van der Waals surface area contributed by atoms with Crippen LogP contribution in [0.4, 0.5) is 0 Å². The smallest absolute Gasteiger partial charge is 0.0533 e. The van der Waals surface area contributed by atoms with Gasteiger partial charge < -0.3 is 0 Å². The van der Waals surface area contributed by atoms with Gasteiger partial charge in [-0.1, -0.05) is 170 Å². The van der Waals surface area contributed by atoms with Crippen molar-refractivity contribution in [1.82, 2.24) is 0 Å². The van der Waals surface area contributed by atoms with Gasteiger partial charge in [0, 0.05) is 0 Å². The van der Waals surface area contributed by atoms with Crippen LogP contribution in [-0.2, 0) is 0 Å².